The highest BCUT2D eigenvalue weighted by molar-refractivity contribution is 4.81. The highest BCUT2D eigenvalue weighted by Gasteiger charge is 2.25. The highest BCUT2D eigenvalue weighted by Crippen LogP contribution is 2.21. The standard InChI is InChI=1S/C22H45N3/c1-19(2)8-6-5-7-13-23-22-11-14-24(15-12-22)18-21-9-16-25(17-10-21)20(3)4/h19-23H,5-18H2,1-4H3. The van der Waals surface area contributed by atoms with E-state index in [4.69, 9.17) is 0 Å². The molecule has 148 valence electrons. The maximum atomic E-state index is 3.82. The average molecular weight is 352 g/mol. The Labute approximate surface area is 157 Å². The van der Waals surface area contributed by atoms with Crippen molar-refractivity contribution < 1.29 is 0 Å². The summed E-state index contributed by atoms with van der Waals surface area (Å²) in [6.07, 6.45) is 11.1. The first-order valence-corrected chi connectivity index (χ1v) is 11.2. The van der Waals surface area contributed by atoms with E-state index in [1.54, 1.807) is 0 Å². The predicted molar refractivity (Wildman–Crippen MR) is 110 cm³/mol. The van der Waals surface area contributed by atoms with Gasteiger partial charge in [0.15, 0.2) is 0 Å². The molecule has 2 aliphatic rings. The molecule has 0 aromatic carbocycles. The second kappa shape index (κ2) is 11.6. The number of nitrogens with one attached hydrogen (secondary N) is 1. The van der Waals surface area contributed by atoms with Gasteiger partial charge in [-0.15, -0.1) is 0 Å². The molecule has 2 saturated heterocycles. The monoisotopic (exact) mass is 351 g/mol. The third-order valence-corrected chi connectivity index (χ3v) is 6.37. The van der Waals surface area contributed by atoms with Gasteiger partial charge in [-0.1, -0.05) is 33.1 Å². The fourth-order valence-corrected chi connectivity index (χ4v) is 4.50. The summed E-state index contributed by atoms with van der Waals surface area (Å²) in [6.45, 7) is 17.2. The zero-order chi connectivity index (χ0) is 18.1. The van der Waals surface area contributed by atoms with Crippen molar-refractivity contribution >= 4 is 0 Å². The minimum Gasteiger partial charge on any atom is -0.314 e. The molecular formula is C22H45N3. The lowest BCUT2D eigenvalue weighted by Gasteiger charge is -2.39. The first-order chi connectivity index (χ1) is 12.0. The van der Waals surface area contributed by atoms with Crippen LogP contribution >= 0.6 is 0 Å². The Morgan fingerprint density at radius 1 is 0.840 bits per heavy atom. The summed E-state index contributed by atoms with van der Waals surface area (Å²) in [4.78, 5) is 5.39. The largest absolute Gasteiger partial charge is 0.314 e. The third-order valence-electron chi connectivity index (χ3n) is 6.37. The Hall–Kier alpha value is -0.120. The first kappa shape index (κ1) is 21.2. The lowest BCUT2D eigenvalue weighted by Crippen LogP contribution is -2.46. The Bertz CT molecular complexity index is 326. The number of rotatable bonds is 10. The first-order valence-electron chi connectivity index (χ1n) is 11.2. The SMILES string of the molecule is CC(C)CCCCCNC1CCN(CC2CCN(C(C)C)CC2)CC1. The minimum absolute atomic E-state index is 0.730. The van der Waals surface area contributed by atoms with Crippen molar-refractivity contribution in [3.8, 4) is 0 Å². The zero-order valence-corrected chi connectivity index (χ0v) is 17.6. The minimum atomic E-state index is 0.730. The normalized spacial score (nSPS) is 22.3. The van der Waals surface area contributed by atoms with Gasteiger partial charge in [-0.05, 0) is 90.5 Å². The number of hydrogen-bond acceptors (Lipinski definition) is 3. The van der Waals surface area contributed by atoms with E-state index in [0.29, 0.717) is 0 Å². The van der Waals surface area contributed by atoms with E-state index in [1.807, 2.05) is 0 Å². The summed E-state index contributed by atoms with van der Waals surface area (Å²) >= 11 is 0. The molecule has 0 bridgehead atoms. The molecule has 0 aromatic heterocycles. The molecule has 3 nitrogen and oxygen atoms in total. The average Bonchev–Trinajstić information content (AvgIpc) is 2.59. The van der Waals surface area contributed by atoms with Crippen LogP contribution in [-0.4, -0.2) is 61.2 Å². The summed E-state index contributed by atoms with van der Waals surface area (Å²) < 4.78 is 0. The van der Waals surface area contributed by atoms with Gasteiger partial charge in [-0.25, -0.2) is 0 Å². The van der Waals surface area contributed by atoms with Crippen molar-refractivity contribution in [2.75, 3.05) is 39.3 Å². The molecule has 0 atom stereocenters. The van der Waals surface area contributed by atoms with E-state index < -0.39 is 0 Å². The van der Waals surface area contributed by atoms with Crippen LogP contribution < -0.4 is 5.32 Å². The van der Waals surface area contributed by atoms with Gasteiger partial charge in [0.05, 0.1) is 0 Å². The number of hydrogen-bond donors (Lipinski definition) is 1. The molecule has 0 aliphatic carbocycles. The van der Waals surface area contributed by atoms with E-state index in [9.17, 15) is 0 Å². The Kier molecular flexibility index (Phi) is 9.80. The van der Waals surface area contributed by atoms with Crippen molar-refractivity contribution in [2.24, 2.45) is 11.8 Å². The van der Waals surface area contributed by atoms with E-state index in [1.165, 1.54) is 90.6 Å². The second-order valence-corrected chi connectivity index (χ2v) is 9.35. The topological polar surface area (TPSA) is 18.5 Å². The molecule has 0 unspecified atom stereocenters. The molecule has 0 aromatic rings. The Morgan fingerprint density at radius 3 is 2.12 bits per heavy atom. The number of piperidine rings is 2. The van der Waals surface area contributed by atoms with Gasteiger partial charge >= 0.3 is 0 Å². The fraction of sp³-hybridized carbons (Fsp3) is 1.00. The zero-order valence-electron chi connectivity index (χ0n) is 17.6. The summed E-state index contributed by atoms with van der Waals surface area (Å²) in [7, 11) is 0. The molecule has 25 heavy (non-hydrogen) atoms. The number of unbranched alkanes of at least 4 members (excludes halogenated alkanes) is 2. The van der Waals surface area contributed by atoms with Crippen LogP contribution in [0.4, 0.5) is 0 Å². The molecule has 2 heterocycles. The van der Waals surface area contributed by atoms with Gasteiger partial charge in [-0.3, -0.25) is 0 Å². The Morgan fingerprint density at radius 2 is 1.52 bits per heavy atom. The van der Waals surface area contributed by atoms with Crippen LogP contribution in [0.5, 0.6) is 0 Å². The summed E-state index contributed by atoms with van der Waals surface area (Å²) in [6, 6.07) is 1.51. The van der Waals surface area contributed by atoms with E-state index in [-0.39, 0.29) is 0 Å². The van der Waals surface area contributed by atoms with Gasteiger partial charge in [0.25, 0.3) is 0 Å². The smallest absolute Gasteiger partial charge is 0.00914 e. The summed E-state index contributed by atoms with van der Waals surface area (Å²) in [5.74, 6) is 1.82. The maximum Gasteiger partial charge on any atom is 0.00914 e. The molecule has 2 aliphatic heterocycles. The fourth-order valence-electron chi connectivity index (χ4n) is 4.50. The molecular weight excluding hydrogens is 306 g/mol. The van der Waals surface area contributed by atoms with Gasteiger partial charge in [0.1, 0.15) is 0 Å². The molecule has 0 amide bonds. The molecule has 1 N–H and O–H groups in total. The van der Waals surface area contributed by atoms with Crippen molar-refractivity contribution in [1.29, 1.82) is 0 Å². The van der Waals surface area contributed by atoms with Gasteiger partial charge < -0.3 is 15.1 Å². The van der Waals surface area contributed by atoms with Crippen molar-refractivity contribution in [1.82, 2.24) is 15.1 Å². The predicted octanol–water partition coefficient (Wildman–Crippen LogP) is 4.38. The van der Waals surface area contributed by atoms with Crippen LogP contribution in [0.3, 0.4) is 0 Å². The molecule has 2 rings (SSSR count). The van der Waals surface area contributed by atoms with Gasteiger partial charge in [-0.2, -0.15) is 0 Å². The molecule has 0 spiro atoms. The highest BCUT2D eigenvalue weighted by atomic mass is 15.2. The molecule has 0 saturated carbocycles. The second-order valence-electron chi connectivity index (χ2n) is 9.35. The van der Waals surface area contributed by atoms with Crippen LogP contribution in [-0.2, 0) is 0 Å². The van der Waals surface area contributed by atoms with E-state index >= 15 is 0 Å². The van der Waals surface area contributed by atoms with Crippen molar-refractivity contribution in [3.63, 3.8) is 0 Å². The Balaban J connectivity index is 1.49. The van der Waals surface area contributed by atoms with Crippen LogP contribution in [0.1, 0.15) is 79.1 Å². The molecule has 0 radical (unpaired) electrons. The van der Waals surface area contributed by atoms with Crippen LogP contribution in [0.25, 0.3) is 0 Å². The molecule has 2 fully saturated rings. The molecule has 3 heteroatoms. The van der Waals surface area contributed by atoms with Crippen LogP contribution in [0.2, 0.25) is 0 Å². The quantitative estimate of drug-likeness (QED) is 0.589. The summed E-state index contributed by atoms with van der Waals surface area (Å²) in [5.41, 5.74) is 0. The summed E-state index contributed by atoms with van der Waals surface area (Å²) in [5, 5.41) is 3.82. The third kappa shape index (κ3) is 8.41. The van der Waals surface area contributed by atoms with E-state index in [0.717, 1.165) is 23.9 Å². The lowest BCUT2D eigenvalue weighted by atomic mass is 9.94. The van der Waals surface area contributed by atoms with Crippen LogP contribution in [0.15, 0.2) is 0 Å². The van der Waals surface area contributed by atoms with Crippen LogP contribution in [0, 0.1) is 11.8 Å². The van der Waals surface area contributed by atoms with E-state index in [2.05, 4.69) is 42.8 Å². The maximum absolute atomic E-state index is 3.82. The van der Waals surface area contributed by atoms with Crippen molar-refractivity contribution in [2.45, 2.75) is 91.1 Å². The van der Waals surface area contributed by atoms with Gasteiger partial charge in [0, 0.05) is 18.6 Å². The number of likely N-dealkylation sites (tertiary alicyclic amines) is 2. The number of nitrogens with zero attached hydrogens (tertiary/aromatic N) is 2. The lowest BCUT2D eigenvalue weighted by molar-refractivity contribution is 0.108. The van der Waals surface area contributed by atoms with Crippen molar-refractivity contribution in [3.05, 3.63) is 0 Å². The van der Waals surface area contributed by atoms with Gasteiger partial charge in [0.2, 0.25) is 0 Å².